The zero-order valence-corrected chi connectivity index (χ0v) is 17.2. The zero-order valence-electron chi connectivity index (χ0n) is 17.2. The first-order chi connectivity index (χ1) is 13.9. The fourth-order valence-electron chi connectivity index (χ4n) is 3.06. The van der Waals surface area contributed by atoms with E-state index in [1.165, 1.54) is 19.2 Å². The monoisotopic (exact) mass is 402 g/mol. The first-order valence-corrected chi connectivity index (χ1v) is 9.69. The average molecular weight is 402 g/mol. The van der Waals surface area contributed by atoms with Crippen LogP contribution in [0.25, 0.3) is 0 Å². The van der Waals surface area contributed by atoms with Gasteiger partial charge in [0.25, 0.3) is 5.91 Å². The van der Waals surface area contributed by atoms with Crippen molar-refractivity contribution in [1.82, 2.24) is 4.90 Å². The van der Waals surface area contributed by atoms with Crippen LogP contribution in [0.1, 0.15) is 18.9 Å². The summed E-state index contributed by atoms with van der Waals surface area (Å²) in [5.41, 5.74) is 1.52. The molecule has 0 saturated carbocycles. The van der Waals surface area contributed by atoms with E-state index in [9.17, 15) is 14.0 Å². The number of methoxy groups -OCH3 is 1. The number of hydrogen-bond donors (Lipinski definition) is 2. The topological polar surface area (TPSA) is 63.1 Å². The second-order valence-corrected chi connectivity index (χ2v) is 7.00. The Morgan fingerprint density at radius 1 is 1.14 bits per heavy atom. The van der Waals surface area contributed by atoms with Crippen molar-refractivity contribution in [3.05, 3.63) is 59.9 Å². The summed E-state index contributed by atoms with van der Waals surface area (Å²) >= 11 is 0. The number of quaternary nitrogens is 1. The Bertz CT molecular complexity index is 811. The van der Waals surface area contributed by atoms with E-state index in [0.717, 1.165) is 16.9 Å². The van der Waals surface area contributed by atoms with Gasteiger partial charge in [0.1, 0.15) is 24.7 Å². The number of rotatable bonds is 10. The van der Waals surface area contributed by atoms with Crippen molar-refractivity contribution in [3.8, 4) is 5.75 Å². The van der Waals surface area contributed by atoms with Crippen molar-refractivity contribution in [1.29, 1.82) is 0 Å². The predicted molar refractivity (Wildman–Crippen MR) is 110 cm³/mol. The van der Waals surface area contributed by atoms with E-state index in [4.69, 9.17) is 4.74 Å². The molecule has 2 rings (SSSR count). The second-order valence-electron chi connectivity index (χ2n) is 7.00. The first-order valence-electron chi connectivity index (χ1n) is 9.69. The highest BCUT2D eigenvalue weighted by atomic mass is 19.1. The number of nitrogens with one attached hydrogen (secondary N) is 2. The summed E-state index contributed by atoms with van der Waals surface area (Å²) in [6, 6.07) is 13.4. The van der Waals surface area contributed by atoms with Gasteiger partial charge in [0.15, 0.2) is 6.54 Å². The molecule has 6 nitrogen and oxygen atoms in total. The number of hydrogen-bond acceptors (Lipinski definition) is 3. The van der Waals surface area contributed by atoms with Gasteiger partial charge >= 0.3 is 0 Å². The van der Waals surface area contributed by atoms with Crippen molar-refractivity contribution >= 4 is 17.5 Å². The molecule has 0 bridgehead atoms. The summed E-state index contributed by atoms with van der Waals surface area (Å²) in [4.78, 5) is 27.7. The molecule has 0 aliphatic rings. The SMILES string of the molecule is CCCN(CC(=O)Nc1ccccc1OC)C(=O)C[NH+](C)Cc1ccc(F)cc1. The Kier molecular flexibility index (Phi) is 8.61. The minimum absolute atomic E-state index is 0.0193. The third-order valence-electron chi connectivity index (χ3n) is 4.43. The minimum Gasteiger partial charge on any atom is -0.495 e. The van der Waals surface area contributed by atoms with Gasteiger partial charge < -0.3 is 19.9 Å². The molecule has 0 aliphatic carbocycles. The molecular formula is C22H29FN3O3+. The molecule has 1 unspecified atom stereocenters. The molecule has 156 valence electrons. The highest BCUT2D eigenvalue weighted by Crippen LogP contribution is 2.22. The number of nitrogens with zero attached hydrogens (tertiary/aromatic N) is 1. The highest BCUT2D eigenvalue weighted by Gasteiger charge is 2.20. The minimum atomic E-state index is -0.280. The third-order valence-corrected chi connectivity index (χ3v) is 4.43. The Morgan fingerprint density at radius 2 is 1.83 bits per heavy atom. The fourth-order valence-corrected chi connectivity index (χ4v) is 3.06. The van der Waals surface area contributed by atoms with Gasteiger partial charge in [-0.2, -0.15) is 0 Å². The van der Waals surface area contributed by atoms with Crippen molar-refractivity contribution in [2.24, 2.45) is 0 Å². The number of anilines is 1. The van der Waals surface area contributed by atoms with Crippen LogP contribution >= 0.6 is 0 Å². The van der Waals surface area contributed by atoms with Gasteiger partial charge in [0.05, 0.1) is 19.8 Å². The molecule has 0 aromatic heterocycles. The molecular weight excluding hydrogens is 373 g/mol. The number of carbonyl (C=O) groups excluding carboxylic acids is 2. The smallest absolute Gasteiger partial charge is 0.278 e. The molecule has 7 heteroatoms. The Labute approximate surface area is 171 Å². The maximum atomic E-state index is 13.0. The summed E-state index contributed by atoms with van der Waals surface area (Å²) in [5, 5.41) is 2.80. The van der Waals surface area contributed by atoms with Crippen molar-refractivity contribution in [2.75, 3.05) is 39.1 Å². The third kappa shape index (κ3) is 7.19. The lowest BCUT2D eigenvalue weighted by atomic mass is 10.2. The van der Waals surface area contributed by atoms with E-state index in [0.29, 0.717) is 24.5 Å². The van der Waals surface area contributed by atoms with Crippen molar-refractivity contribution in [2.45, 2.75) is 19.9 Å². The van der Waals surface area contributed by atoms with Gasteiger partial charge in [-0.3, -0.25) is 9.59 Å². The highest BCUT2D eigenvalue weighted by molar-refractivity contribution is 5.95. The van der Waals surface area contributed by atoms with Crippen molar-refractivity contribution in [3.63, 3.8) is 0 Å². The van der Waals surface area contributed by atoms with Gasteiger partial charge in [0.2, 0.25) is 5.91 Å². The summed E-state index contributed by atoms with van der Waals surface area (Å²) < 4.78 is 18.3. The van der Waals surface area contributed by atoms with Crippen LogP contribution in [0.5, 0.6) is 5.75 Å². The van der Waals surface area contributed by atoms with Crippen LogP contribution in [0.15, 0.2) is 48.5 Å². The second kappa shape index (κ2) is 11.2. The molecule has 0 aliphatic heterocycles. The number of ether oxygens (including phenoxy) is 1. The molecule has 0 saturated heterocycles. The van der Waals surface area contributed by atoms with Crippen LogP contribution in [0.3, 0.4) is 0 Å². The van der Waals surface area contributed by atoms with E-state index in [1.807, 2.05) is 20.0 Å². The largest absolute Gasteiger partial charge is 0.495 e. The molecule has 1 atom stereocenters. The van der Waals surface area contributed by atoms with Crippen LogP contribution in [-0.4, -0.2) is 50.5 Å². The van der Waals surface area contributed by atoms with Crippen LogP contribution < -0.4 is 15.0 Å². The normalized spacial score (nSPS) is 11.6. The summed E-state index contributed by atoms with van der Waals surface area (Å²) in [7, 11) is 3.44. The summed E-state index contributed by atoms with van der Waals surface area (Å²) in [5.74, 6) is -0.0792. The average Bonchev–Trinajstić information content (AvgIpc) is 2.69. The molecule has 29 heavy (non-hydrogen) atoms. The number of para-hydroxylation sites is 2. The zero-order chi connectivity index (χ0) is 21.2. The molecule has 0 heterocycles. The number of likely N-dealkylation sites (N-methyl/N-ethyl adjacent to an activating group) is 1. The lowest BCUT2D eigenvalue weighted by molar-refractivity contribution is -0.885. The first kappa shape index (κ1) is 22.4. The number of amides is 2. The number of carbonyl (C=O) groups is 2. The number of benzene rings is 2. The lowest BCUT2D eigenvalue weighted by Crippen LogP contribution is -3.08. The van der Waals surface area contributed by atoms with Crippen LogP contribution in [0.2, 0.25) is 0 Å². The van der Waals surface area contributed by atoms with Crippen molar-refractivity contribution < 1.29 is 23.6 Å². The van der Waals surface area contributed by atoms with Gasteiger partial charge in [-0.25, -0.2) is 4.39 Å². The van der Waals surface area contributed by atoms with Gasteiger partial charge in [-0.1, -0.05) is 31.2 Å². The lowest BCUT2D eigenvalue weighted by Gasteiger charge is -2.23. The van der Waals surface area contributed by atoms with Crippen LogP contribution in [-0.2, 0) is 16.1 Å². The van der Waals surface area contributed by atoms with Crippen LogP contribution in [0, 0.1) is 5.82 Å². The van der Waals surface area contributed by atoms with E-state index >= 15 is 0 Å². The maximum Gasteiger partial charge on any atom is 0.278 e. The standard InChI is InChI=1S/C22H28FN3O3/c1-4-13-26(15-21(27)24-19-7-5-6-8-20(19)29-3)22(28)16-25(2)14-17-9-11-18(23)12-10-17/h5-12H,4,13-16H2,1-3H3,(H,24,27)/p+1. The molecule has 0 spiro atoms. The summed E-state index contributed by atoms with van der Waals surface area (Å²) in [6.07, 6.45) is 0.755. The van der Waals surface area contributed by atoms with E-state index in [2.05, 4.69) is 5.32 Å². The maximum absolute atomic E-state index is 13.0. The van der Waals surface area contributed by atoms with E-state index in [1.54, 1.807) is 35.2 Å². The van der Waals surface area contributed by atoms with Gasteiger partial charge in [0, 0.05) is 12.1 Å². The molecule has 0 radical (unpaired) electrons. The fraction of sp³-hybridized carbons (Fsp3) is 0.364. The molecule has 2 aromatic carbocycles. The van der Waals surface area contributed by atoms with Crippen LogP contribution in [0.4, 0.5) is 10.1 Å². The quantitative estimate of drug-likeness (QED) is 0.636. The van der Waals surface area contributed by atoms with E-state index < -0.39 is 0 Å². The van der Waals surface area contributed by atoms with E-state index in [-0.39, 0.29) is 30.7 Å². The number of halogens is 1. The Hall–Kier alpha value is -2.93. The molecule has 2 N–H and O–H groups in total. The van der Waals surface area contributed by atoms with Gasteiger partial charge in [-0.05, 0) is 30.7 Å². The Balaban J connectivity index is 1.93. The molecule has 2 amide bonds. The summed E-state index contributed by atoms with van der Waals surface area (Å²) in [6.45, 7) is 3.29. The molecule has 0 fully saturated rings. The molecule has 2 aromatic rings. The van der Waals surface area contributed by atoms with Gasteiger partial charge in [-0.15, -0.1) is 0 Å². The Morgan fingerprint density at radius 3 is 2.48 bits per heavy atom. The predicted octanol–water partition coefficient (Wildman–Crippen LogP) is 1.73.